The van der Waals surface area contributed by atoms with Gasteiger partial charge in [-0.1, -0.05) is 25.1 Å². The lowest BCUT2D eigenvalue weighted by Crippen LogP contribution is -2.05. The van der Waals surface area contributed by atoms with Crippen molar-refractivity contribution in [2.24, 2.45) is 0 Å². The van der Waals surface area contributed by atoms with E-state index in [0.29, 0.717) is 12.2 Å². The van der Waals surface area contributed by atoms with Gasteiger partial charge < -0.3 is 15.4 Å². The largest absolute Gasteiger partial charge is 0.427 e. The molecule has 0 saturated carbocycles. The molecule has 126 valence electrons. The Morgan fingerprint density at radius 3 is 1.64 bits per heavy atom. The van der Waals surface area contributed by atoms with Gasteiger partial charge in [0.1, 0.15) is 5.75 Å². The summed E-state index contributed by atoms with van der Waals surface area (Å²) in [6, 6.07) is 25.4. The van der Waals surface area contributed by atoms with Crippen molar-refractivity contribution in [1.29, 1.82) is 0 Å². The molecule has 3 aromatic rings. The monoisotopic (exact) mass is 332 g/mol. The van der Waals surface area contributed by atoms with Crippen LogP contribution in [0.3, 0.4) is 0 Å². The molecule has 0 aliphatic carbocycles. The lowest BCUT2D eigenvalue weighted by molar-refractivity contribution is -0.134. The second-order valence-electron chi connectivity index (χ2n) is 5.55. The zero-order chi connectivity index (χ0) is 17.5. The van der Waals surface area contributed by atoms with Gasteiger partial charge in [-0.2, -0.15) is 0 Å². The topological polar surface area (TPSA) is 50.4 Å². The maximum atomic E-state index is 11.3. The third-order valence-corrected chi connectivity index (χ3v) is 3.61. The van der Waals surface area contributed by atoms with E-state index in [9.17, 15) is 4.79 Å². The van der Waals surface area contributed by atoms with Crippen LogP contribution in [0.2, 0.25) is 0 Å². The molecule has 3 rings (SSSR count). The number of carbonyl (C=O) groups is 1. The maximum Gasteiger partial charge on any atom is 0.310 e. The highest BCUT2D eigenvalue weighted by molar-refractivity contribution is 5.72. The van der Waals surface area contributed by atoms with E-state index in [-0.39, 0.29) is 5.97 Å². The van der Waals surface area contributed by atoms with Gasteiger partial charge in [-0.05, 0) is 60.7 Å². The van der Waals surface area contributed by atoms with Gasteiger partial charge in [-0.15, -0.1) is 0 Å². The highest BCUT2D eigenvalue weighted by atomic mass is 16.5. The van der Waals surface area contributed by atoms with Gasteiger partial charge in [0.05, 0.1) is 0 Å². The van der Waals surface area contributed by atoms with Crippen molar-refractivity contribution in [3.05, 3.63) is 78.9 Å². The molecule has 0 heterocycles. The van der Waals surface area contributed by atoms with Gasteiger partial charge >= 0.3 is 5.97 Å². The minimum absolute atomic E-state index is 0.234. The molecule has 0 amide bonds. The molecule has 25 heavy (non-hydrogen) atoms. The number of para-hydroxylation sites is 1. The summed E-state index contributed by atoms with van der Waals surface area (Å²) >= 11 is 0. The Morgan fingerprint density at radius 2 is 1.16 bits per heavy atom. The van der Waals surface area contributed by atoms with Crippen LogP contribution in [-0.4, -0.2) is 5.97 Å². The molecule has 0 radical (unpaired) electrons. The highest BCUT2D eigenvalue weighted by Gasteiger charge is 2.02. The third-order valence-electron chi connectivity index (χ3n) is 3.61. The molecule has 0 unspecified atom stereocenters. The number of rotatable bonds is 6. The van der Waals surface area contributed by atoms with Crippen LogP contribution in [-0.2, 0) is 4.79 Å². The summed E-state index contributed by atoms with van der Waals surface area (Å²) in [5, 5.41) is 6.67. The van der Waals surface area contributed by atoms with Crippen molar-refractivity contribution in [3.8, 4) is 5.75 Å². The van der Waals surface area contributed by atoms with E-state index in [1.165, 1.54) is 0 Å². The highest BCUT2D eigenvalue weighted by Crippen LogP contribution is 2.23. The van der Waals surface area contributed by atoms with Crippen molar-refractivity contribution >= 4 is 28.7 Å². The zero-order valence-corrected chi connectivity index (χ0v) is 14.0. The van der Waals surface area contributed by atoms with Crippen molar-refractivity contribution in [2.45, 2.75) is 13.3 Å². The average molecular weight is 332 g/mol. The van der Waals surface area contributed by atoms with Crippen LogP contribution in [0, 0.1) is 0 Å². The lowest BCUT2D eigenvalue weighted by Gasteiger charge is -2.10. The molecule has 4 heteroatoms. The summed E-state index contributed by atoms with van der Waals surface area (Å²) in [6.45, 7) is 1.77. The molecule has 2 N–H and O–H groups in total. The van der Waals surface area contributed by atoms with Crippen LogP contribution >= 0.6 is 0 Å². The SMILES string of the molecule is CCC(=O)Oc1ccc(Nc2ccc(Nc3ccccc3)cc2)cc1. The van der Waals surface area contributed by atoms with Gasteiger partial charge in [-0.25, -0.2) is 0 Å². The predicted molar refractivity (Wildman–Crippen MR) is 102 cm³/mol. The Hall–Kier alpha value is -3.27. The quantitative estimate of drug-likeness (QED) is 0.463. The van der Waals surface area contributed by atoms with E-state index in [2.05, 4.69) is 10.6 Å². The molecular weight excluding hydrogens is 312 g/mol. The lowest BCUT2D eigenvalue weighted by atomic mass is 10.2. The average Bonchev–Trinajstić information content (AvgIpc) is 2.66. The second kappa shape index (κ2) is 8.02. The van der Waals surface area contributed by atoms with Crippen molar-refractivity contribution in [1.82, 2.24) is 0 Å². The van der Waals surface area contributed by atoms with Crippen LogP contribution in [0.25, 0.3) is 0 Å². The maximum absolute atomic E-state index is 11.3. The smallest absolute Gasteiger partial charge is 0.310 e. The van der Waals surface area contributed by atoms with Crippen LogP contribution in [0.1, 0.15) is 13.3 Å². The first-order valence-electron chi connectivity index (χ1n) is 8.23. The number of benzene rings is 3. The molecule has 0 aliphatic rings. The molecule has 0 aliphatic heterocycles. The van der Waals surface area contributed by atoms with E-state index in [4.69, 9.17) is 4.74 Å². The van der Waals surface area contributed by atoms with Crippen LogP contribution in [0.15, 0.2) is 78.9 Å². The number of ether oxygens (including phenoxy) is 1. The third kappa shape index (κ3) is 4.85. The summed E-state index contributed by atoms with van der Waals surface area (Å²) in [7, 11) is 0. The number of hydrogen-bond donors (Lipinski definition) is 2. The van der Waals surface area contributed by atoms with E-state index in [1.807, 2.05) is 66.7 Å². The fourth-order valence-corrected chi connectivity index (χ4v) is 2.30. The molecule has 0 aromatic heterocycles. The van der Waals surface area contributed by atoms with E-state index in [1.54, 1.807) is 19.1 Å². The van der Waals surface area contributed by atoms with Gasteiger partial charge in [0.25, 0.3) is 0 Å². The van der Waals surface area contributed by atoms with Crippen molar-refractivity contribution < 1.29 is 9.53 Å². The van der Waals surface area contributed by atoms with E-state index >= 15 is 0 Å². The van der Waals surface area contributed by atoms with Crippen LogP contribution in [0.5, 0.6) is 5.75 Å². The number of esters is 1. The fourth-order valence-electron chi connectivity index (χ4n) is 2.30. The molecule has 0 bridgehead atoms. The molecular formula is C21H20N2O2. The Morgan fingerprint density at radius 1 is 0.720 bits per heavy atom. The first-order chi connectivity index (χ1) is 12.2. The van der Waals surface area contributed by atoms with Gasteiger partial charge in [-0.3, -0.25) is 4.79 Å². The van der Waals surface area contributed by atoms with Gasteiger partial charge in [0, 0.05) is 29.2 Å². The molecule has 0 fully saturated rings. The Bertz CT molecular complexity index is 813. The Labute approximate surface area is 147 Å². The molecule has 4 nitrogen and oxygen atoms in total. The molecule has 0 spiro atoms. The minimum Gasteiger partial charge on any atom is -0.427 e. The summed E-state index contributed by atoms with van der Waals surface area (Å²) in [4.78, 5) is 11.3. The standard InChI is InChI=1S/C21H20N2O2/c1-2-21(24)25-20-14-12-19(13-15-20)23-18-10-8-17(9-11-18)22-16-6-4-3-5-7-16/h3-15,22-23H,2H2,1H3. The molecule has 3 aromatic carbocycles. The molecule has 0 saturated heterocycles. The number of anilines is 4. The normalized spacial score (nSPS) is 10.1. The predicted octanol–water partition coefficient (Wildman–Crippen LogP) is 5.49. The second-order valence-corrected chi connectivity index (χ2v) is 5.55. The summed E-state index contributed by atoms with van der Waals surface area (Å²) in [5.41, 5.74) is 4.00. The van der Waals surface area contributed by atoms with Gasteiger partial charge in [0.15, 0.2) is 0 Å². The first-order valence-corrected chi connectivity index (χ1v) is 8.23. The van der Waals surface area contributed by atoms with Crippen molar-refractivity contribution in [3.63, 3.8) is 0 Å². The van der Waals surface area contributed by atoms with Crippen molar-refractivity contribution in [2.75, 3.05) is 10.6 Å². The fraction of sp³-hybridized carbons (Fsp3) is 0.0952. The van der Waals surface area contributed by atoms with E-state index in [0.717, 1.165) is 22.7 Å². The first kappa shape index (κ1) is 16.6. The van der Waals surface area contributed by atoms with Crippen LogP contribution in [0.4, 0.5) is 22.7 Å². The van der Waals surface area contributed by atoms with Gasteiger partial charge in [0.2, 0.25) is 0 Å². The minimum atomic E-state index is -0.234. The van der Waals surface area contributed by atoms with Crippen LogP contribution < -0.4 is 15.4 Å². The number of carbonyl (C=O) groups excluding carboxylic acids is 1. The summed E-state index contributed by atoms with van der Waals surface area (Å²) < 4.78 is 5.17. The summed E-state index contributed by atoms with van der Waals surface area (Å²) in [6.07, 6.45) is 0.364. The Balaban J connectivity index is 1.60. The number of hydrogen-bond acceptors (Lipinski definition) is 4. The Kier molecular flexibility index (Phi) is 5.32. The summed E-state index contributed by atoms with van der Waals surface area (Å²) in [5.74, 6) is 0.321. The van der Waals surface area contributed by atoms with E-state index < -0.39 is 0 Å². The number of nitrogens with one attached hydrogen (secondary N) is 2. The molecule has 0 atom stereocenters. The zero-order valence-electron chi connectivity index (χ0n) is 14.0.